The van der Waals surface area contributed by atoms with Crippen molar-refractivity contribution in [1.82, 2.24) is 20.3 Å². The minimum atomic E-state index is -0.581. The zero-order chi connectivity index (χ0) is 12.5. The maximum atomic E-state index is 5.53. The van der Waals surface area contributed by atoms with E-state index in [1.54, 1.807) is 6.07 Å². The number of ether oxygens (including phenoxy) is 1. The Morgan fingerprint density at radius 1 is 1.53 bits per heavy atom. The van der Waals surface area contributed by atoms with Crippen molar-refractivity contribution in [3.05, 3.63) is 11.9 Å². The lowest BCUT2D eigenvalue weighted by atomic mass is 10.1. The summed E-state index contributed by atoms with van der Waals surface area (Å²) in [6.45, 7) is 6.26. The average molecular weight is 237 g/mol. The predicted octanol–water partition coefficient (Wildman–Crippen LogP) is 1.31. The Morgan fingerprint density at radius 2 is 2.29 bits per heavy atom. The Bertz CT molecular complexity index is 502. The molecular formula is C10H15N5O2. The van der Waals surface area contributed by atoms with Crippen LogP contribution < -0.4 is 5.73 Å². The fourth-order valence-corrected chi connectivity index (χ4v) is 1.45. The van der Waals surface area contributed by atoms with Crippen molar-refractivity contribution >= 4 is 5.82 Å². The number of aromatic amines is 1. The van der Waals surface area contributed by atoms with Crippen molar-refractivity contribution < 1.29 is 9.26 Å². The quantitative estimate of drug-likeness (QED) is 0.831. The SMILES string of the molecule is CCOC(C)(C)c1noc(-c2cc(N)n[nH]2)n1. The molecule has 0 fully saturated rings. The molecule has 2 aromatic rings. The van der Waals surface area contributed by atoms with Crippen LogP contribution in [0.2, 0.25) is 0 Å². The summed E-state index contributed by atoms with van der Waals surface area (Å²) in [7, 11) is 0. The lowest BCUT2D eigenvalue weighted by Crippen LogP contribution is -2.23. The fraction of sp³-hybridized carbons (Fsp3) is 0.500. The van der Waals surface area contributed by atoms with Crippen molar-refractivity contribution in [3.8, 4) is 11.6 Å². The van der Waals surface area contributed by atoms with Crippen molar-refractivity contribution in [2.24, 2.45) is 0 Å². The molecule has 2 aromatic heterocycles. The first-order valence-corrected chi connectivity index (χ1v) is 5.32. The van der Waals surface area contributed by atoms with Gasteiger partial charge in [-0.05, 0) is 20.8 Å². The number of aromatic nitrogens is 4. The molecule has 3 N–H and O–H groups in total. The van der Waals surface area contributed by atoms with E-state index >= 15 is 0 Å². The van der Waals surface area contributed by atoms with Crippen molar-refractivity contribution in [2.45, 2.75) is 26.4 Å². The van der Waals surface area contributed by atoms with E-state index in [1.807, 2.05) is 20.8 Å². The Kier molecular flexibility index (Phi) is 2.84. The number of anilines is 1. The number of nitrogens with two attached hydrogens (primary N) is 1. The highest BCUT2D eigenvalue weighted by Gasteiger charge is 2.27. The van der Waals surface area contributed by atoms with Crippen molar-refractivity contribution in [3.63, 3.8) is 0 Å². The molecule has 0 aliphatic carbocycles. The van der Waals surface area contributed by atoms with Crippen LogP contribution in [0.4, 0.5) is 5.82 Å². The maximum absolute atomic E-state index is 5.53. The van der Waals surface area contributed by atoms with E-state index in [9.17, 15) is 0 Å². The van der Waals surface area contributed by atoms with E-state index < -0.39 is 5.60 Å². The van der Waals surface area contributed by atoms with E-state index in [-0.39, 0.29) is 0 Å². The molecule has 92 valence electrons. The van der Waals surface area contributed by atoms with E-state index in [0.29, 0.717) is 29.8 Å². The number of nitrogens with zero attached hydrogens (tertiary/aromatic N) is 3. The molecule has 7 nitrogen and oxygen atoms in total. The Hall–Kier alpha value is -1.89. The highest BCUT2D eigenvalue weighted by molar-refractivity contribution is 5.51. The summed E-state index contributed by atoms with van der Waals surface area (Å²) >= 11 is 0. The smallest absolute Gasteiger partial charge is 0.276 e. The molecule has 7 heteroatoms. The van der Waals surface area contributed by atoms with Gasteiger partial charge in [0.2, 0.25) is 5.82 Å². The first kappa shape index (κ1) is 11.6. The zero-order valence-corrected chi connectivity index (χ0v) is 10.0. The Morgan fingerprint density at radius 3 is 2.88 bits per heavy atom. The largest absolute Gasteiger partial charge is 0.382 e. The minimum absolute atomic E-state index is 0.344. The van der Waals surface area contributed by atoms with Gasteiger partial charge < -0.3 is 15.0 Å². The summed E-state index contributed by atoms with van der Waals surface area (Å²) < 4.78 is 10.7. The standard InChI is InChI=1S/C10H15N5O2/c1-4-16-10(2,3)9-12-8(17-15-9)6-5-7(11)14-13-6/h5H,4H2,1-3H3,(H3,11,13,14). The monoisotopic (exact) mass is 237 g/mol. The number of hydrogen-bond acceptors (Lipinski definition) is 6. The molecule has 0 saturated heterocycles. The molecule has 0 spiro atoms. The molecule has 2 heterocycles. The summed E-state index contributed by atoms with van der Waals surface area (Å²) in [6, 6.07) is 1.63. The van der Waals surface area contributed by atoms with Crippen LogP contribution in [0.15, 0.2) is 10.6 Å². The van der Waals surface area contributed by atoms with Gasteiger partial charge in [-0.15, -0.1) is 0 Å². The Balaban J connectivity index is 2.27. The third-order valence-corrected chi connectivity index (χ3v) is 2.30. The van der Waals surface area contributed by atoms with Crippen LogP contribution in [-0.4, -0.2) is 26.9 Å². The van der Waals surface area contributed by atoms with Gasteiger partial charge in [0.1, 0.15) is 17.1 Å². The molecule has 0 amide bonds. The molecule has 0 aliphatic heterocycles. The summed E-state index contributed by atoms with van der Waals surface area (Å²) in [5.74, 6) is 1.21. The molecular weight excluding hydrogens is 222 g/mol. The number of H-pyrrole nitrogens is 1. The second-order valence-corrected chi connectivity index (χ2v) is 4.07. The summed E-state index contributed by atoms with van der Waals surface area (Å²) in [4.78, 5) is 4.25. The lowest BCUT2D eigenvalue weighted by Gasteiger charge is -2.19. The van der Waals surface area contributed by atoms with E-state index in [1.165, 1.54) is 0 Å². The fourth-order valence-electron chi connectivity index (χ4n) is 1.45. The number of hydrogen-bond donors (Lipinski definition) is 2. The molecule has 0 aromatic carbocycles. The van der Waals surface area contributed by atoms with Gasteiger partial charge in [0, 0.05) is 12.7 Å². The van der Waals surface area contributed by atoms with Crippen LogP contribution in [-0.2, 0) is 10.3 Å². The highest BCUT2D eigenvalue weighted by atomic mass is 16.5. The first-order chi connectivity index (χ1) is 8.03. The molecule has 0 unspecified atom stereocenters. The van der Waals surface area contributed by atoms with Gasteiger partial charge in [-0.2, -0.15) is 10.1 Å². The average Bonchev–Trinajstić information content (AvgIpc) is 2.85. The summed E-state index contributed by atoms with van der Waals surface area (Å²) in [5.41, 5.74) is 5.51. The predicted molar refractivity (Wildman–Crippen MR) is 60.9 cm³/mol. The molecule has 2 rings (SSSR count). The van der Waals surface area contributed by atoms with Crippen LogP contribution in [0.25, 0.3) is 11.6 Å². The number of nitrogens with one attached hydrogen (secondary N) is 1. The number of rotatable bonds is 4. The topological polar surface area (TPSA) is 103 Å². The van der Waals surface area contributed by atoms with Crippen LogP contribution in [0.5, 0.6) is 0 Å². The molecule has 0 aliphatic rings. The van der Waals surface area contributed by atoms with Crippen molar-refractivity contribution in [2.75, 3.05) is 12.3 Å². The van der Waals surface area contributed by atoms with Gasteiger partial charge in [0.25, 0.3) is 5.89 Å². The third-order valence-electron chi connectivity index (χ3n) is 2.30. The van der Waals surface area contributed by atoms with Crippen LogP contribution in [0, 0.1) is 0 Å². The van der Waals surface area contributed by atoms with Gasteiger partial charge in [0.05, 0.1) is 0 Å². The lowest BCUT2D eigenvalue weighted by molar-refractivity contribution is -0.0221. The van der Waals surface area contributed by atoms with Gasteiger partial charge in [-0.3, -0.25) is 5.10 Å². The second kappa shape index (κ2) is 4.17. The molecule has 0 atom stereocenters. The van der Waals surface area contributed by atoms with Gasteiger partial charge in [-0.1, -0.05) is 5.16 Å². The molecule has 0 saturated carbocycles. The summed E-state index contributed by atoms with van der Waals surface area (Å²) in [6.07, 6.45) is 0. The highest BCUT2D eigenvalue weighted by Crippen LogP contribution is 2.24. The normalized spacial score (nSPS) is 11.9. The van der Waals surface area contributed by atoms with E-state index in [2.05, 4.69) is 20.3 Å². The van der Waals surface area contributed by atoms with Crippen LogP contribution in [0.1, 0.15) is 26.6 Å². The van der Waals surface area contributed by atoms with Crippen molar-refractivity contribution in [1.29, 1.82) is 0 Å². The van der Waals surface area contributed by atoms with Gasteiger partial charge >= 0.3 is 0 Å². The molecule has 17 heavy (non-hydrogen) atoms. The Labute approximate surface area is 98.3 Å². The third kappa shape index (κ3) is 2.28. The maximum Gasteiger partial charge on any atom is 0.276 e. The second-order valence-electron chi connectivity index (χ2n) is 4.07. The van der Waals surface area contributed by atoms with E-state index in [4.69, 9.17) is 15.0 Å². The molecule has 0 radical (unpaired) electrons. The zero-order valence-electron chi connectivity index (χ0n) is 10.0. The first-order valence-electron chi connectivity index (χ1n) is 5.32. The van der Waals surface area contributed by atoms with Crippen LogP contribution in [0.3, 0.4) is 0 Å². The van der Waals surface area contributed by atoms with Gasteiger partial charge in [-0.25, -0.2) is 0 Å². The molecule has 0 bridgehead atoms. The van der Waals surface area contributed by atoms with Gasteiger partial charge in [0.15, 0.2) is 0 Å². The van der Waals surface area contributed by atoms with Crippen LogP contribution >= 0.6 is 0 Å². The summed E-state index contributed by atoms with van der Waals surface area (Å²) in [5, 5.41) is 10.4. The number of nitrogen functional groups attached to an aromatic ring is 1. The van der Waals surface area contributed by atoms with E-state index in [0.717, 1.165) is 0 Å². The minimum Gasteiger partial charge on any atom is -0.382 e.